The fourth-order valence-electron chi connectivity index (χ4n) is 3.78. The molecule has 3 amide bonds. The quantitative estimate of drug-likeness (QED) is 0.799. The first-order valence-electron chi connectivity index (χ1n) is 10.0. The number of hydrogen-bond acceptors (Lipinski definition) is 2. The number of urea groups is 1. The number of likely N-dealkylation sites (tertiary alicyclic amines) is 1. The summed E-state index contributed by atoms with van der Waals surface area (Å²) in [5.41, 5.74) is 4.24. The number of anilines is 1. The largest absolute Gasteiger partial charge is 0.356 e. The highest BCUT2D eigenvalue weighted by Crippen LogP contribution is 2.25. The lowest BCUT2D eigenvalue weighted by Crippen LogP contribution is -2.47. The van der Waals surface area contributed by atoms with Crippen molar-refractivity contribution in [2.75, 3.05) is 18.4 Å². The van der Waals surface area contributed by atoms with Crippen LogP contribution in [0.2, 0.25) is 0 Å². The summed E-state index contributed by atoms with van der Waals surface area (Å²) < 4.78 is 0. The van der Waals surface area contributed by atoms with E-state index in [0.717, 1.165) is 49.0 Å². The standard InChI is InChI=1S/C23H29N3O2/c1-17-7-5-8-19(15-17)20-9-6-10-21(16-20)25-23(28)26-14-4-3-11-22(26)12-13-24-18(2)27/h5-10,15-16,22H,3-4,11-14H2,1-2H3,(H,24,27)(H,25,28)/t22-/m0/s1. The van der Waals surface area contributed by atoms with Crippen LogP contribution in [0.1, 0.15) is 38.2 Å². The van der Waals surface area contributed by atoms with Gasteiger partial charge in [-0.05, 0) is 55.9 Å². The van der Waals surface area contributed by atoms with Crippen LogP contribution in [0.5, 0.6) is 0 Å². The van der Waals surface area contributed by atoms with Gasteiger partial charge in [0.2, 0.25) is 5.91 Å². The van der Waals surface area contributed by atoms with Crippen molar-refractivity contribution < 1.29 is 9.59 Å². The minimum absolute atomic E-state index is 0.0280. The molecule has 1 saturated heterocycles. The molecule has 1 aliphatic rings. The van der Waals surface area contributed by atoms with Crippen molar-refractivity contribution in [2.45, 2.75) is 45.6 Å². The average Bonchev–Trinajstić information content (AvgIpc) is 2.68. The lowest BCUT2D eigenvalue weighted by molar-refractivity contribution is -0.119. The van der Waals surface area contributed by atoms with Crippen molar-refractivity contribution in [3.8, 4) is 11.1 Å². The third kappa shape index (κ3) is 5.35. The van der Waals surface area contributed by atoms with E-state index in [1.807, 2.05) is 29.2 Å². The Kier molecular flexibility index (Phi) is 6.69. The van der Waals surface area contributed by atoms with E-state index in [9.17, 15) is 9.59 Å². The summed E-state index contributed by atoms with van der Waals surface area (Å²) in [5, 5.41) is 5.90. The summed E-state index contributed by atoms with van der Waals surface area (Å²) in [4.78, 5) is 25.9. The summed E-state index contributed by atoms with van der Waals surface area (Å²) in [7, 11) is 0. The summed E-state index contributed by atoms with van der Waals surface area (Å²) in [6.07, 6.45) is 3.91. The van der Waals surface area contributed by atoms with Gasteiger partial charge in [-0.2, -0.15) is 0 Å². The van der Waals surface area contributed by atoms with E-state index in [1.165, 1.54) is 12.5 Å². The second-order valence-electron chi connectivity index (χ2n) is 7.50. The third-order valence-corrected chi connectivity index (χ3v) is 5.20. The van der Waals surface area contributed by atoms with Crippen LogP contribution in [-0.4, -0.2) is 36.0 Å². The first-order valence-corrected chi connectivity index (χ1v) is 10.0. The Hall–Kier alpha value is -2.82. The van der Waals surface area contributed by atoms with E-state index in [0.29, 0.717) is 6.54 Å². The van der Waals surface area contributed by atoms with Crippen molar-refractivity contribution in [2.24, 2.45) is 0 Å². The van der Waals surface area contributed by atoms with Gasteiger partial charge in [0.15, 0.2) is 0 Å². The number of nitrogens with one attached hydrogen (secondary N) is 2. The van der Waals surface area contributed by atoms with Crippen molar-refractivity contribution in [3.05, 3.63) is 54.1 Å². The van der Waals surface area contributed by atoms with E-state index in [1.54, 1.807) is 0 Å². The fraction of sp³-hybridized carbons (Fsp3) is 0.391. The van der Waals surface area contributed by atoms with Gasteiger partial charge in [0.1, 0.15) is 0 Å². The van der Waals surface area contributed by atoms with E-state index in [-0.39, 0.29) is 18.0 Å². The van der Waals surface area contributed by atoms with Crippen molar-refractivity contribution in [1.82, 2.24) is 10.2 Å². The van der Waals surface area contributed by atoms with Gasteiger partial charge in [-0.15, -0.1) is 0 Å². The van der Waals surface area contributed by atoms with Gasteiger partial charge in [-0.3, -0.25) is 4.79 Å². The van der Waals surface area contributed by atoms with E-state index < -0.39 is 0 Å². The predicted octanol–water partition coefficient (Wildman–Crippen LogP) is 4.57. The Morgan fingerprint density at radius 2 is 1.82 bits per heavy atom. The van der Waals surface area contributed by atoms with Crippen molar-refractivity contribution in [1.29, 1.82) is 0 Å². The summed E-state index contributed by atoms with van der Waals surface area (Å²) in [6, 6.07) is 16.4. The number of rotatable bonds is 5. The molecule has 2 N–H and O–H groups in total. The number of benzene rings is 2. The summed E-state index contributed by atoms with van der Waals surface area (Å²) in [5.74, 6) is -0.0280. The molecule has 3 rings (SSSR count). The first-order chi connectivity index (χ1) is 13.5. The molecule has 148 valence electrons. The summed E-state index contributed by atoms with van der Waals surface area (Å²) in [6.45, 7) is 4.96. The molecular formula is C23H29N3O2. The lowest BCUT2D eigenvalue weighted by atomic mass is 9.99. The summed E-state index contributed by atoms with van der Waals surface area (Å²) >= 11 is 0. The minimum atomic E-state index is -0.0612. The number of carbonyl (C=O) groups is 2. The van der Waals surface area contributed by atoms with Gasteiger partial charge in [0.05, 0.1) is 0 Å². The Bertz CT molecular complexity index is 834. The molecular weight excluding hydrogens is 350 g/mol. The fourth-order valence-corrected chi connectivity index (χ4v) is 3.78. The highest BCUT2D eigenvalue weighted by molar-refractivity contribution is 5.90. The molecule has 5 heteroatoms. The molecule has 0 aromatic heterocycles. The minimum Gasteiger partial charge on any atom is -0.356 e. The van der Waals surface area contributed by atoms with Crippen LogP contribution in [0.25, 0.3) is 11.1 Å². The predicted molar refractivity (Wildman–Crippen MR) is 113 cm³/mol. The van der Waals surface area contributed by atoms with Crippen LogP contribution in [0.3, 0.4) is 0 Å². The van der Waals surface area contributed by atoms with Crippen LogP contribution < -0.4 is 10.6 Å². The van der Waals surface area contributed by atoms with Gasteiger partial charge in [-0.1, -0.05) is 42.0 Å². The SMILES string of the molecule is CC(=O)NCC[C@@H]1CCCCN1C(=O)Nc1cccc(-c2cccc(C)c2)c1. The third-order valence-electron chi connectivity index (χ3n) is 5.20. The molecule has 1 atom stereocenters. The maximum absolute atomic E-state index is 12.9. The lowest BCUT2D eigenvalue weighted by Gasteiger charge is -2.35. The zero-order valence-electron chi connectivity index (χ0n) is 16.7. The molecule has 0 radical (unpaired) electrons. The van der Waals surface area contributed by atoms with E-state index in [4.69, 9.17) is 0 Å². The number of amides is 3. The number of hydrogen-bond donors (Lipinski definition) is 2. The molecule has 1 heterocycles. The molecule has 0 spiro atoms. The zero-order valence-corrected chi connectivity index (χ0v) is 16.7. The zero-order chi connectivity index (χ0) is 19.9. The maximum Gasteiger partial charge on any atom is 0.322 e. The van der Waals surface area contributed by atoms with Crippen LogP contribution >= 0.6 is 0 Å². The molecule has 2 aromatic rings. The number of aryl methyl sites for hydroxylation is 1. The van der Waals surface area contributed by atoms with Gasteiger partial charge < -0.3 is 15.5 Å². The Morgan fingerprint density at radius 3 is 2.57 bits per heavy atom. The molecule has 2 aromatic carbocycles. The molecule has 1 aliphatic heterocycles. The Balaban J connectivity index is 1.67. The van der Waals surface area contributed by atoms with Gasteiger partial charge >= 0.3 is 6.03 Å². The van der Waals surface area contributed by atoms with Crippen LogP contribution in [0, 0.1) is 6.92 Å². The van der Waals surface area contributed by atoms with Crippen molar-refractivity contribution in [3.63, 3.8) is 0 Å². The Labute approximate surface area is 167 Å². The molecule has 28 heavy (non-hydrogen) atoms. The highest BCUT2D eigenvalue weighted by atomic mass is 16.2. The smallest absolute Gasteiger partial charge is 0.322 e. The number of carbonyl (C=O) groups excluding carboxylic acids is 2. The average molecular weight is 380 g/mol. The molecule has 5 nitrogen and oxygen atoms in total. The molecule has 0 unspecified atom stereocenters. The number of piperidine rings is 1. The molecule has 0 bridgehead atoms. The van der Waals surface area contributed by atoms with E-state index >= 15 is 0 Å². The topological polar surface area (TPSA) is 61.4 Å². The van der Waals surface area contributed by atoms with E-state index in [2.05, 4.69) is 41.8 Å². The van der Waals surface area contributed by atoms with Gasteiger partial charge in [0, 0.05) is 31.7 Å². The maximum atomic E-state index is 12.9. The molecule has 1 fully saturated rings. The highest BCUT2D eigenvalue weighted by Gasteiger charge is 2.26. The van der Waals surface area contributed by atoms with Gasteiger partial charge in [-0.25, -0.2) is 4.79 Å². The normalized spacial score (nSPS) is 16.5. The second-order valence-corrected chi connectivity index (χ2v) is 7.50. The van der Waals surface area contributed by atoms with Crippen LogP contribution in [-0.2, 0) is 4.79 Å². The Morgan fingerprint density at radius 1 is 1.07 bits per heavy atom. The molecule has 0 aliphatic carbocycles. The number of nitrogens with zero attached hydrogens (tertiary/aromatic N) is 1. The van der Waals surface area contributed by atoms with Gasteiger partial charge in [0.25, 0.3) is 0 Å². The first kappa shape index (κ1) is 19.9. The van der Waals surface area contributed by atoms with Crippen LogP contribution in [0.15, 0.2) is 48.5 Å². The van der Waals surface area contributed by atoms with Crippen LogP contribution in [0.4, 0.5) is 10.5 Å². The second kappa shape index (κ2) is 9.40. The van der Waals surface area contributed by atoms with Crippen molar-refractivity contribution >= 4 is 17.6 Å². The molecule has 0 saturated carbocycles. The monoisotopic (exact) mass is 379 g/mol.